The summed E-state index contributed by atoms with van der Waals surface area (Å²) < 4.78 is 118. The maximum atomic E-state index is 13.1. The summed E-state index contributed by atoms with van der Waals surface area (Å²) in [4.78, 5) is 16.4. The minimum atomic E-state index is -6.08. The molecule has 244 valence electrons. The van der Waals surface area contributed by atoms with Crippen molar-refractivity contribution in [2.24, 2.45) is 17.8 Å². The van der Waals surface area contributed by atoms with E-state index in [9.17, 15) is 44.7 Å². The molecule has 4 bridgehead atoms. The predicted octanol–water partition coefficient (Wildman–Crippen LogP) is 5.51. The van der Waals surface area contributed by atoms with Crippen molar-refractivity contribution in [3.05, 3.63) is 35.5 Å². The van der Waals surface area contributed by atoms with Crippen LogP contribution in [-0.2, 0) is 29.9 Å². The average molecular weight is 672 g/mol. The van der Waals surface area contributed by atoms with E-state index in [1.165, 1.54) is 26.2 Å². The number of aryl methyl sites for hydroxylation is 1. The van der Waals surface area contributed by atoms with Crippen LogP contribution in [0.4, 0.5) is 37.2 Å². The van der Waals surface area contributed by atoms with Crippen molar-refractivity contribution in [2.45, 2.75) is 73.2 Å². The molecule has 3 N–H and O–H groups in total. The first kappa shape index (κ1) is 32.9. The third kappa shape index (κ3) is 6.57. The fourth-order valence-electron chi connectivity index (χ4n) is 7.00. The molecule has 0 saturated heterocycles. The van der Waals surface area contributed by atoms with E-state index in [0.29, 0.717) is 42.2 Å². The van der Waals surface area contributed by atoms with Crippen LogP contribution < -0.4 is 10.0 Å². The number of nitrogens with zero attached hydrogens (tertiary/aromatic N) is 1. The van der Waals surface area contributed by atoms with Crippen molar-refractivity contribution < 1.29 is 54.1 Å². The smallest absolute Gasteiger partial charge is 0.373 e. The summed E-state index contributed by atoms with van der Waals surface area (Å²) in [5.74, 6) is 1.63. The largest absolute Gasteiger partial charge is 0.430 e. The second-order valence-corrected chi connectivity index (χ2v) is 14.7. The van der Waals surface area contributed by atoms with Gasteiger partial charge in [0.05, 0.1) is 24.5 Å². The van der Waals surface area contributed by atoms with E-state index in [1.807, 2.05) is 4.72 Å². The molecule has 1 aromatic carbocycles. The number of rotatable bonds is 11. The number of thiazole rings is 1. The Bertz CT molecular complexity index is 1430. The van der Waals surface area contributed by atoms with Gasteiger partial charge in [-0.1, -0.05) is 23.5 Å². The lowest BCUT2D eigenvalue weighted by atomic mass is 9.54. The number of anilines is 2. The van der Waals surface area contributed by atoms with Crippen LogP contribution in [0.1, 0.15) is 49.8 Å². The zero-order valence-electron chi connectivity index (χ0n) is 23.4. The number of sulfonamides is 1. The number of nitrogens with one attached hydrogen (secondary N) is 2. The van der Waals surface area contributed by atoms with Gasteiger partial charge < -0.3 is 14.6 Å². The third-order valence-electron chi connectivity index (χ3n) is 8.47. The lowest BCUT2D eigenvalue weighted by Gasteiger charge is -2.56. The molecule has 4 saturated carbocycles. The van der Waals surface area contributed by atoms with Crippen LogP contribution >= 0.6 is 11.3 Å². The first-order chi connectivity index (χ1) is 20.4. The van der Waals surface area contributed by atoms with Gasteiger partial charge in [-0.3, -0.25) is 14.8 Å². The van der Waals surface area contributed by atoms with Crippen LogP contribution in [0.5, 0.6) is 0 Å². The molecule has 17 heteroatoms. The van der Waals surface area contributed by atoms with E-state index in [4.69, 9.17) is 9.47 Å². The topological polar surface area (TPSA) is 127 Å². The van der Waals surface area contributed by atoms with Gasteiger partial charge in [0.2, 0.25) is 0 Å². The number of hydrogen-bond acceptors (Lipinski definition) is 8. The number of benzene rings is 1. The first-order valence-electron chi connectivity index (χ1n) is 13.9. The number of aliphatic hydroxyl groups is 1. The molecule has 6 rings (SSSR count). The highest BCUT2D eigenvalue weighted by Gasteiger charge is 2.71. The number of ether oxygens (including phenoxy) is 2. The van der Waals surface area contributed by atoms with Crippen molar-refractivity contribution in [1.82, 2.24) is 4.98 Å². The van der Waals surface area contributed by atoms with E-state index in [2.05, 4.69) is 10.3 Å². The van der Waals surface area contributed by atoms with Crippen molar-refractivity contribution in [3.63, 3.8) is 0 Å². The summed E-state index contributed by atoms with van der Waals surface area (Å²) in [6, 6.07) is 1.94. The van der Waals surface area contributed by atoms with Crippen molar-refractivity contribution in [2.75, 3.05) is 29.9 Å². The molecule has 1 amide bonds. The van der Waals surface area contributed by atoms with Crippen LogP contribution in [0.2, 0.25) is 0 Å². The molecule has 1 heterocycles. The molecule has 0 atom stereocenters. The second kappa shape index (κ2) is 11.7. The molecule has 2 aromatic rings. The van der Waals surface area contributed by atoms with E-state index in [-0.39, 0.29) is 39.5 Å². The van der Waals surface area contributed by atoms with Crippen molar-refractivity contribution >= 4 is 38.1 Å². The van der Waals surface area contributed by atoms with Crippen LogP contribution in [-0.4, -0.2) is 62.2 Å². The Morgan fingerprint density at radius 3 is 2.07 bits per heavy atom. The molecule has 0 unspecified atom stereocenters. The third-order valence-corrected chi connectivity index (χ3v) is 11.5. The monoisotopic (exact) mass is 671 g/mol. The maximum Gasteiger partial charge on any atom is 0.430 e. The molecule has 4 aliphatic rings. The number of carbonyl (C=O) groups excluding carboxylic acids is 1. The zero-order valence-corrected chi connectivity index (χ0v) is 25.1. The predicted molar refractivity (Wildman–Crippen MR) is 146 cm³/mol. The van der Waals surface area contributed by atoms with E-state index in [0.717, 1.165) is 37.0 Å². The van der Waals surface area contributed by atoms with Gasteiger partial charge in [-0.2, -0.15) is 26.3 Å². The van der Waals surface area contributed by atoms with Gasteiger partial charge in [0.1, 0.15) is 6.61 Å². The van der Waals surface area contributed by atoms with Crippen LogP contribution in [0.3, 0.4) is 0 Å². The number of amides is 1. The normalized spacial score (nSPS) is 25.3. The fourth-order valence-corrected chi connectivity index (χ4v) is 9.49. The second-order valence-electron chi connectivity index (χ2n) is 11.8. The van der Waals surface area contributed by atoms with E-state index in [1.54, 1.807) is 0 Å². The quantitative estimate of drug-likeness (QED) is 0.213. The molecular formula is C27H31F6N3O6S2. The van der Waals surface area contributed by atoms with Crippen LogP contribution in [0, 0.1) is 24.7 Å². The van der Waals surface area contributed by atoms with Crippen molar-refractivity contribution in [3.8, 4) is 0 Å². The highest BCUT2D eigenvalue weighted by Crippen LogP contribution is 2.57. The van der Waals surface area contributed by atoms with E-state index < -0.39 is 39.4 Å². The van der Waals surface area contributed by atoms with Gasteiger partial charge in [-0.25, -0.2) is 13.4 Å². The Morgan fingerprint density at radius 2 is 1.55 bits per heavy atom. The number of halogens is 6. The molecular weight excluding hydrogens is 640 g/mol. The number of carbonyl (C=O) groups is 1. The average Bonchev–Trinajstić information content (AvgIpc) is 3.26. The molecule has 4 aliphatic carbocycles. The molecule has 0 spiro atoms. The van der Waals surface area contributed by atoms with Gasteiger partial charge in [0.15, 0.2) is 9.34 Å². The fraction of sp³-hybridized carbons (Fsp3) is 0.630. The maximum absolute atomic E-state index is 13.1. The Morgan fingerprint density at radius 1 is 1.00 bits per heavy atom. The summed E-state index contributed by atoms with van der Waals surface area (Å²) in [6.45, 7) is 1.58. The molecule has 0 radical (unpaired) electrons. The SMILES string of the molecule is Cc1nc(NC(=O)COCCOC23CC4CC(CC(C4)C2)C3)sc1S(=O)(=O)Nc1ccc(C(O)(C(F)(F)F)C(F)(F)F)cc1. The van der Waals surface area contributed by atoms with Gasteiger partial charge in [-0.05, 0) is 75.3 Å². The molecule has 4 fully saturated rings. The lowest BCUT2D eigenvalue weighted by molar-refractivity contribution is -0.376. The minimum absolute atomic E-state index is 0.0113. The standard InChI is InChI=1S/C27H31F6N3O6S2/c1-15-22(44(39,40)36-20-4-2-19(3-5-20)25(38,26(28,29)30)27(31,32)33)43-23(34-15)35-21(37)14-41-6-7-42-24-11-16-8-17(12-24)10-18(9-16)13-24/h2-5,16-18,36,38H,6-14H2,1H3,(H,34,35,37). The number of hydrogen-bond donors (Lipinski definition) is 3. The number of aromatic nitrogens is 1. The number of alkyl halides is 6. The molecule has 44 heavy (non-hydrogen) atoms. The minimum Gasteiger partial charge on any atom is -0.373 e. The summed E-state index contributed by atoms with van der Waals surface area (Å²) in [7, 11) is -4.41. The van der Waals surface area contributed by atoms with Gasteiger partial charge in [0, 0.05) is 11.3 Å². The van der Waals surface area contributed by atoms with Crippen molar-refractivity contribution in [1.29, 1.82) is 0 Å². The highest BCUT2D eigenvalue weighted by atomic mass is 32.2. The Kier molecular flexibility index (Phi) is 8.76. The Balaban J connectivity index is 1.12. The highest BCUT2D eigenvalue weighted by molar-refractivity contribution is 7.94. The summed E-state index contributed by atoms with van der Waals surface area (Å²) in [5, 5.41) is 11.9. The summed E-state index contributed by atoms with van der Waals surface area (Å²) in [6.07, 6.45) is -5.05. The van der Waals surface area contributed by atoms with E-state index >= 15 is 0 Å². The van der Waals surface area contributed by atoms with Gasteiger partial charge in [-0.15, -0.1) is 0 Å². The van der Waals surface area contributed by atoms with Gasteiger partial charge >= 0.3 is 12.4 Å². The summed E-state index contributed by atoms with van der Waals surface area (Å²) in [5.41, 5.74) is -7.15. The molecule has 9 nitrogen and oxygen atoms in total. The molecule has 0 aliphatic heterocycles. The first-order valence-corrected chi connectivity index (χ1v) is 16.2. The van der Waals surface area contributed by atoms with Gasteiger partial charge in [0.25, 0.3) is 21.5 Å². The Labute approximate surface area is 253 Å². The lowest BCUT2D eigenvalue weighted by Crippen LogP contribution is -2.53. The summed E-state index contributed by atoms with van der Waals surface area (Å²) >= 11 is 0.593. The Hall–Kier alpha value is -2.47. The van der Waals surface area contributed by atoms with Crippen LogP contribution in [0.25, 0.3) is 0 Å². The zero-order chi connectivity index (χ0) is 32.1. The van der Waals surface area contributed by atoms with Crippen LogP contribution in [0.15, 0.2) is 28.5 Å². The molecule has 1 aromatic heterocycles.